The lowest BCUT2D eigenvalue weighted by molar-refractivity contribution is 0.583. The minimum absolute atomic E-state index is 0.599. The molecule has 1 saturated heterocycles. The lowest BCUT2D eigenvalue weighted by atomic mass is 10.1. The third kappa shape index (κ3) is 2.44. The van der Waals surface area contributed by atoms with Crippen LogP contribution in [0.2, 0.25) is 0 Å². The van der Waals surface area contributed by atoms with Crippen LogP contribution >= 0.6 is 11.3 Å². The molecule has 3 heterocycles. The van der Waals surface area contributed by atoms with E-state index in [2.05, 4.69) is 27.9 Å². The van der Waals surface area contributed by atoms with Crippen molar-refractivity contribution in [1.82, 2.24) is 9.97 Å². The molecule has 0 saturated carbocycles. The van der Waals surface area contributed by atoms with Gasteiger partial charge in [0.25, 0.3) is 0 Å². The Morgan fingerprint density at radius 1 is 1.47 bits per heavy atom. The molecule has 2 N–H and O–H groups in total. The molecule has 1 unspecified atom stereocenters. The second kappa shape index (κ2) is 5.43. The number of anilines is 1. The van der Waals surface area contributed by atoms with Crippen molar-refractivity contribution in [3.8, 4) is 0 Å². The van der Waals surface area contributed by atoms with Gasteiger partial charge >= 0.3 is 0 Å². The monoisotopic (exact) mass is 276 g/mol. The zero-order valence-electron chi connectivity index (χ0n) is 11.3. The van der Waals surface area contributed by atoms with Crippen molar-refractivity contribution in [1.29, 1.82) is 0 Å². The predicted octanol–water partition coefficient (Wildman–Crippen LogP) is 2.71. The summed E-state index contributed by atoms with van der Waals surface area (Å²) >= 11 is 1.75. The summed E-state index contributed by atoms with van der Waals surface area (Å²) in [7, 11) is 0. The van der Waals surface area contributed by atoms with Crippen LogP contribution in [0.3, 0.4) is 0 Å². The number of thiophene rings is 1. The zero-order chi connectivity index (χ0) is 13.2. The molecule has 102 valence electrons. The molecule has 0 radical (unpaired) electrons. The van der Waals surface area contributed by atoms with E-state index in [9.17, 15) is 0 Å². The smallest absolute Gasteiger partial charge is 0.141 e. The summed E-state index contributed by atoms with van der Waals surface area (Å²) in [5.41, 5.74) is 5.64. The summed E-state index contributed by atoms with van der Waals surface area (Å²) in [6.07, 6.45) is 6.48. The molecule has 1 atom stereocenters. The quantitative estimate of drug-likeness (QED) is 0.933. The van der Waals surface area contributed by atoms with E-state index in [1.165, 1.54) is 29.5 Å². The lowest BCUT2D eigenvalue weighted by Crippen LogP contribution is -2.30. The largest absolute Gasteiger partial charge is 0.353 e. The molecule has 4 nitrogen and oxygen atoms in total. The molecule has 1 aliphatic heterocycles. The Morgan fingerprint density at radius 3 is 3.21 bits per heavy atom. The van der Waals surface area contributed by atoms with Crippen molar-refractivity contribution < 1.29 is 0 Å². The van der Waals surface area contributed by atoms with Gasteiger partial charge in [0.2, 0.25) is 0 Å². The van der Waals surface area contributed by atoms with E-state index in [1.807, 2.05) is 0 Å². The molecular weight excluding hydrogens is 256 g/mol. The summed E-state index contributed by atoms with van der Waals surface area (Å²) in [5, 5.41) is 1.21. The summed E-state index contributed by atoms with van der Waals surface area (Å²) in [4.78, 5) is 13.8. The van der Waals surface area contributed by atoms with Gasteiger partial charge in [0.1, 0.15) is 17.0 Å². The van der Waals surface area contributed by atoms with Crippen LogP contribution in [-0.2, 0) is 0 Å². The fraction of sp³-hybridized carbons (Fsp3) is 0.571. The maximum Gasteiger partial charge on any atom is 0.141 e. The normalized spacial score (nSPS) is 19.5. The van der Waals surface area contributed by atoms with Crippen molar-refractivity contribution in [2.75, 3.05) is 18.0 Å². The van der Waals surface area contributed by atoms with E-state index in [4.69, 9.17) is 5.73 Å². The first-order valence-electron chi connectivity index (χ1n) is 6.97. The second-order valence-corrected chi connectivity index (χ2v) is 6.43. The summed E-state index contributed by atoms with van der Waals surface area (Å²) in [6, 6.07) is 2.81. The third-order valence-corrected chi connectivity index (χ3v) is 4.78. The van der Waals surface area contributed by atoms with Crippen LogP contribution in [0.5, 0.6) is 0 Å². The highest BCUT2D eigenvalue weighted by Crippen LogP contribution is 2.34. The van der Waals surface area contributed by atoms with Crippen molar-refractivity contribution >= 4 is 27.4 Å². The number of hydrogen-bond acceptors (Lipinski definition) is 5. The highest BCUT2D eigenvalue weighted by Gasteiger charge is 2.26. The Balaban J connectivity index is 1.94. The van der Waals surface area contributed by atoms with E-state index in [-0.39, 0.29) is 0 Å². The Hall–Kier alpha value is -1.20. The maximum atomic E-state index is 5.64. The molecule has 1 fully saturated rings. The fourth-order valence-corrected chi connectivity index (χ4v) is 3.80. The first-order chi connectivity index (χ1) is 9.29. The summed E-state index contributed by atoms with van der Waals surface area (Å²) in [5.74, 6) is 1.12. The van der Waals surface area contributed by atoms with E-state index < -0.39 is 0 Å². The Kier molecular flexibility index (Phi) is 3.66. The van der Waals surface area contributed by atoms with Gasteiger partial charge in [-0.1, -0.05) is 0 Å². The van der Waals surface area contributed by atoms with Gasteiger partial charge in [-0.05, 0) is 45.2 Å². The molecule has 0 amide bonds. The van der Waals surface area contributed by atoms with Crippen LogP contribution in [0.1, 0.15) is 30.6 Å². The zero-order valence-corrected chi connectivity index (χ0v) is 12.1. The molecule has 3 rings (SSSR count). The van der Waals surface area contributed by atoms with Crippen molar-refractivity contribution in [3.63, 3.8) is 0 Å². The standard InChI is InChI=1S/C14H20N4S/c1-10-8-12-13(16-9-17-14(12)19-10)18-7-3-5-11(18)4-2-6-15/h8-9,11H,2-7,15H2,1H3. The molecular formula is C14H20N4S. The molecule has 19 heavy (non-hydrogen) atoms. The van der Waals surface area contributed by atoms with Gasteiger partial charge in [-0.25, -0.2) is 9.97 Å². The fourth-order valence-electron chi connectivity index (χ4n) is 2.96. The predicted molar refractivity (Wildman–Crippen MR) is 80.8 cm³/mol. The first kappa shape index (κ1) is 12.8. The van der Waals surface area contributed by atoms with Crippen LogP contribution in [0.25, 0.3) is 10.2 Å². The SMILES string of the molecule is Cc1cc2c(N3CCCC3CCCN)ncnc2s1. The average molecular weight is 276 g/mol. The Labute approximate surface area is 117 Å². The van der Waals surface area contributed by atoms with Crippen LogP contribution in [0.15, 0.2) is 12.4 Å². The number of aryl methyl sites for hydroxylation is 1. The number of rotatable bonds is 4. The highest BCUT2D eigenvalue weighted by molar-refractivity contribution is 7.18. The maximum absolute atomic E-state index is 5.64. The molecule has 0 bridgehead atoms. The Bertz CT molecular complexity index is 566. The van der Waals surface area contributed by atoms with E-state index in [0.717, 1.165) is 30.2 Å². The van der Waals surface area contributed by atoms with Crippen LogP contribution in [0, 0.1) is 6.92 Å². The second-order valence-electron chi connectivity index (χ2n) is 5.19. The van der Waals surface area contributed by atoms with E-state index in [1.54, 1.807) is 17.7 Å². The molecule has 0 aromatic carbocycles. The molecule has 5 heteroatoms. The number of nitrogens with two attached hydrogens (primary N) is 1. The van der Waals surface area contributed by atoms with E-state index in [0.29, 0.717) is 6.04 Å². The third-order valence-electron chi connectivity index (χ3n) is 3.82. The van der Waals surface area contributed by atoms with Gasteiger partial charge in [0.05, 0.1) is 5.39 Å². The van der Waals surface area contributed by atoms with Crippen LogP contribution in [-0.4, -0.2) is 29.1 Å². The van der Waals surface area contributed by atoms with Crippen molar-refractivity contribution in [2.45, 2.75) is 38.6 Å². The highest BCUT2D eigenvalue weighted by atomic mass is 32.1. The number of aromatic nitrogens is 2. The average Bonchev–Trinajstić information content (AvgIpc) is 3.00. The summed E-state index contributed by atoms with van der Waals surface area (Å²) in [6.45, 7) is 4.02. The molecule has 0 aliphatic carbocycles. The number of hydrogen-bond donors (Lipinski definition) is 1. The van der Waals surface area contributed by atoms with Gasteiger partial charge in [-0.2, -0.15) is 0 Å². The van der Waals surface area contributed by atoms with Gasteiger partial charge in [0.15, 0.2) is 0 Å². The van der Waals surface area contributed by atoms with Gasteiger partial charge < -0.3 is 10.6 Å². The van der Waals surface area contributed by atoms with Gasteiger partial charge in [-0.3, -0.25) is 0 Å². The lowest BCUT2D eigenvalue weighted by Gasteiger charge is -2.26. The minimum atomic E-state index is 0.599. The Morgan fingerprint density at radius 2 is 2.37 bits per heavy atom. The topological polar surface area (TPSA) is 55.0 Å². The van der Waals surface area contributed by atoms with Gasteiger partial charge in [0, 0.05) is 17.5 Å². The first-order valence-corrected chi connectivity index (χ1v) is 7.79. The number of fused-ring (bicyclic) bond motifs is 1. The van der Waals surface area contributed by atoms with Crippen molar-refractivity contribution in [3.05, 3.63) is 17.3 Å². The van der Waals surface area contributed by atoms with E-state index >= 15 is 0 Å². The molecule has 1 aliphatic rings. The van der Waals surface area contributed by atoms with Crippen LogP contribution < -0.4 is 10.6 Å². The summed E-state index contributed by atoms with van der Waals surface area (Å²) < 4.78 is 0. The van der Waals surface area contributed by atoms with Crippen LogP contribution in [0.4, 0.5) is 5.82 Å². The number of nitrogens with zero attached hydrogens (tertiary/aromatic N) is 3. The molecule has 2 aromatic heterocycles. The van der Waals surface area contributed by atoms with Crippen molar-refractivity contribution in [2.24, 2.45) is 5.73 Å². The minimum Gasteiger partial charge on any atom is -0.353 e. The molecule has 0 spiro atoms. The van der Waals surface area contributed by atoms with Gasteiger partial charge in [-0.15, -0.1) is 11.3 Å². The molecule has 2 aromatic rings.